The molecule has 4 nitrogen and oxygen atoms in total. The van der Waals surface area contributed by atoms with Crippen molar-refractivity contribution in [1.82, 2.24) is 0 Å². The second kappa shape index (κ2) is 14.2. The van der Waals surface area contributed by atoms with Crippen LogP contribution in [0.3, 0.4) is 0 Å². The monoisotopic (exact) mass is 390 g/mol. The third kappa shape index (κ3) is 12.5. The number of allylic oxidation sites excluding steroid dienone is 3. The number of Topliss-reactive ketones (excluding diaryl/α,β-unsaturated/α-hetero) is 3. The first-order chi connectivity index (χ1) is 13.1. The predicted octanol–water partition coefficient (Wildman–Crippen LogP) is 5.44. The maximum Gasteiger partial charge on any atom is 0.156 e. The van der Waals surface area contributed by atoms with Gasteiger partial charge in [-0.1, -0.05) is 32.4 Å². The van der Waals surface area contributed by atoms with Crippen molar-refractivity contribution in [2.24, 2.45) is 17.8 Å². The molecule has 0 N–H and O–H groups in total. The zero-order chi connectivity index (χ0) is 21.7. The van der Waals surface area contributed by atoms with Crippen molar-refractivity contribution >= 4 is 23.1 Å². The standard InChI is InChI=1S/C24H38O4/c1-7-8-9-10-18(4)14-23(27)20(6)16-24(28)19(5)15-22(26)12-11-21(25)13-17(2)3/h7,13,18-20H,1,8-12,14-16H2,2-6H3/t18-,19+,20+/m1/s1. The molecule has 3 atom stereocenters. The molecule has 0 amide bonds. The highest BCUT2D eigenvalue weighted by atomic mass is 16.1. The minimum Gasteiger partial charge on any atom is -0.300 e. The summed E-state index contributed by atoms with van der Waals surface area (Å²) in [5.74, 6) is -0.491. The van der Waals surface area contributed by atoms with E-state index in [1.807, 2.05) is 19.9 Å². The lowest BCUT2D eigenvalue weighted by molar-refractivity contribution is -0.131. The van der Waals surface area contributed by atoms with Gasteiger partial charge in [0.1, 0.15) is 17.3 Å². The molecule has 0 unspecified atom stereocenters. The van der Waals surface area contributed by atoms with Crippen molar-refractivity contribution in [2.45, 2.75) is 86.0 Å². The van der Waals surface area contributed by atoms with E-state index in [1.54, 1.807) is 13.8 Å². The van der Waals surface area contributed by atoms with E-state index in [4.69, 9.17) is 0 Å². The van der Waals surface area contributed by atoms with Gasteiger partial charge in [0.05, 0.1) is 0 Å². The highest BCUT2D eigenvalue weighted by molar-refractivity contribution is 5.95. The highest BCUT2D eigenvalue weighted by Gasteiger charge is 2.23. The molecule has 0 saturated heterocycles. The van der Waals surface area contributed by atoms with Gasteiger partial charge in [-0.25, -0.2) is 0 Å². The van der Waals surface area contributed by atoms with Crippen LogP contribution in [-0.2, 0) is 19.2 Å². The second-order valence-corrected chi connectivity index (χ2v) is 8.40. The van der Waals surface area contributed by atoms with Gasteiger partial charge in [0, 0.05) is 43.9 Å². The molecule has 0 aromatic carbocycles. The molecule has 0 saturated carbocycles. The van der Waals surface area contributed by atoms with Gasteiger partial charge in [0.2, 0.25) is 0 Å². The van der Waals surface area contributed by atoms with Crippen LogP contribution in [0.5, 0.6) is 0 Å². The topological polar surface area (TPSA) is 68.3 Å². The second-order valence-electron chi connectivity index (χ2n) is 8.40. The Morgan fingerprint density at radius 1 is 0.857 bits per heavy atom. The Morgan fingerprint density at radius 2 is 1.43 bits per heavy atom. The Balaban J connectivity index is 4.31. The van der Waals surface area contributed by atoms with Crippen molar-refractivity contribution < 1.29 is 19.2 Å². The molecular formula is C24H38O4. The molecule has 4 heteroatoms. The van der Waals surface area contributed by atoms with Crippen molar-refractivity contribution in [3.8, 4) is 0 Å². The molecule has 0 bridgehead atoms. The third-order valence-electron chi connectivity index (χ3n) is 4.90. The van der Waals surface area contributed by atoms with Crippen LogP contribution in [-0.4, -0.2) is 23.1 Å². The molecule has 0 aliphatic carbocycles. The maximum atomic E-state index is 12.4. The molecule has 0 spiro atoms. The Kier molecular flexibility index (Phi) is 13.3. The molecule has 0 aliphatic heterocycles. The minimum absolute atomic E-state index is 0.0517. The van der Waals surface area contributed by atoms with Crippen LogP contribution in [0, 0.1) is 17.8 Å². The summed E-state index contributed by atoms with van der Waals surface area (Å²) in [4.78, 5) is 48.4. The van der Waals surface area contributed by atoms with E-state index in [9.17, 15) is 19.2 Å². The first kappa shape index (κ1) is 26.2. The minimum atomic E-state index is -0.411. The van der Waals surface area contributed by atoms with Crippen LogP contribution < -0.4 is 0 Å². The van der Waals surface area contributed by atoms with E-state index >= 15 is 0 Å². The largest absolute Gasteiger partial charge is 0.300 e. The fourth-order valence-electron chi connectivity index (χ4n) is 3.09. The van der Waals surface area contributed by atoms with E-state index < -0.39 is 5.92 Å². The van der Waals surface area contributed by atoms with E-state index in [0.29, 0.717) is 12.3 Å². The molecule has 28 heavy (non-hydrogen) atoms. The number of ketones is 4. The molecular weight excluding hydrogens is 352 g/mol. The number of rotatable bonds is 16. The maximum absolute atomic E-state index is 12.4. The first-order valence-electron chi connectivity index (χ1n) is 10.4. The number of hydrogen-bond acceptors (Lipinski definition) is 4. The molecule has 158 valence electrons. The molecule has 0 heterocycles. The van der Waals surface area contributed by atoms with Crippen LogP contribution in [0.4, 0.5) is 0 Å². The smallest absolute Gasteiger partial charge is 0.156 e. The zero-order valence-corrected chi connectivity index (χ0v) is 18.4. The number of unbranched alkanes of at least 4 members (excludes halogenated alkanes) is 1. The third-order valence-corrected chi connectivity index (χ3v) is 4.90. The van der Waals surface area contributed by atoms with Gasteiger partial charge in [-0.15, -0.1) is 6.58 Å². The van der Waals surface area contributed by atoms with Crippen LogP contribution in [0.15, 0.2) is 24.3 Å². The quantitative estimate of drug-likeness (QED) is 0.200. The summed E-state index contributed by atoms with van der Waals surface area (Å²) in [6.07, 6.45) is 7.55. The fraction of sp³-hybridized carbons (Fsp3) is 0.667. The lowest BCUT2D eigenvalue weighted by Crippen LogP contribution is -2.22. The summed E-state index contributed by atoms with van der Waals surface area (Å²) in [5.41, 5.74) is 0.912. The van der Waals surface area contributed by atoms with Crippen LogP contribution in [0.1, 0.15) is 86.0 Å². The van der Waals surface area contributed by atoms with Crippen molar-refractivity contribution in [1.29, 1.82) is 0 Å². The normalized spacial score (nSPS) is 13.9. The summed E-state index contributed by atoms with van der Waals surface area (Å²) in [6.45, 7) is 13.0. The van der Waals surface area contributed by atoms with E-state index in [0.717, 1.165) is 24.8 Å². The molecule has 0 aromatic heterocycles. The van der Waals surface area contributed by atoms with Gasteiger partial charge in [-0.3, -0.25) is 19.2 Å². The number of carbonyl (C=O) groups excluding carboxylic acids is 4. The van der Waals surface area contributed by atoms with Crippen molar-refractivity contribution in [2.75, 3.05) is 0 Å². The van der Waals surface area contributed by atoms with Gasteiger partial charge < -0.3 is 0 Å². The lowest BCUT2D eigenvalue weighted by atomic mass is 9.87. The van der Waals surface area contributed by atoms with Gasteiger partial charge in [-0.2, -0.15) is 0 Å². The molecule has 0 aliphatic rings. The summed E-state index contributed by atoms with van der Waals surface area (Å²) >= 11 is 0. The fourth-order valence-corrected chi connectivity index (χ4v) is 3.09. The highest BCUT2D eigenvalue weighted by Crippen LogP contribution is 2.19. The number of carbonyl (C=O) groups is 4. The van der Waals surface area contributed by atoms with E-state index in [2.05, 4.69) is 13.5 Å². The van der Waals surface area contributed by atoms with E-state index in [1.165, 1.54) is 6.08 Å². The van der Waals surface area contributed by atoms with E-state index in [-0.39, 0.29) is 54.7 Å². The Labute approximate surface area is 170 Å². The summed E-state index contributed by atoms with van der Waals surface area (Å²) in [5, 5.41) is 0. The average Bonchev–Trinajstić information content (AvgIpc) is 2.59. The Bertz CT molecular complexity index is 581. The number of hydrogen-bond donors (Lipinski definition) is 0. The van der Waals surface area contributed by atoms with Crippen LogP contribution >= 0.6 is 0 Å². The van der Waals surface area contributed by atoms with Gasteiger partial charge >= 0.3 is 0 Å². The van der Waals surface area contributed by atoms with Crippen molar-refractivity contribution in [3.05, 3.63) is 24.3 Å². The average molecular weight is 391 g/mol. The van der Waals surface area contributed by atoms with Gasteiger partial charge in [-0.05, 0) is 45.1 Å². The summed E-state index contributed by atoms with van der Waals surface area (Å²) < 4.78 is 0. The molecule has 0 aromatic rings. The summed E-state index contributed by atoms with van der Waals surface area (Å²) in [6, 6.07) is 0. The molecule has 0 fully saturated rings. The first-order valence-corrected chi connectivity index (χ1v) is 10.4. The van der Waals surface area contributed by atoms with Crippen molar-refractivity contribution in [3.63, 3.8) is 0 Å². The van der Waals surface area contributed by atoms with Crippen LogP contribution in [0.25, 0.3) is 0 Å². The van der Waals surface area contributed by atoms with Gasteiger partial charge in [0.25, 0.3) is 0 Å². The summed E-state index contributed by atoms with van der Waals surface area (Å²) in [7, 11) is 0. The van der Waals surface area contributed by atoms with Crippen LogP contribution in [0.2, 0.25) is 0 Å². The van der Waals surface area contributed by atoms with Gasteiger partial charge in [0.15, 0.2) is 5.78 Å². The zero-order valence-electron chi connectivity index (χ0n) is 18.4. The Hall–Kier alpha value is -1.84. The lowest BCUT2D eigenvalue weighted by Gasteiger charge is -2.16. The Morgan fingerprint density at radius 3 is 2.00 bits per heavy atom. The predicted molar refractivity (Wildman–Crippen MR) is 114 cm³/mol. The molecule has 0 rings (SSSR count). The molecule has 0 radical (unpaired) electrons. The SMILES string of the molecule is C=CCCC[C@@H](C)CC(=O)[C@@H](C)CC(=O)[C@@H](C)CC(=O)CCC(=O)C=C(C)C.